The van der Waals surface area contributed by atoms with E-state index in [-0.39, 0.29) is 5.56 Å². The minimum absolute atomic E-state index is 0.0880. The quantitative estimate of drug-likeness (QED) is 0.946. The number of aromatic amines is 1. The van der Waals surface area contributed by atoms with E-state index in [1.807, 2.05) is 12.1 Å². The number of nitrogens with one attached hydrogen (secondary N) is 1. The summed E-state index contributed by atoms with van der Waals surface area (Å²) < 4.78 is 11.1. The zero-order valence-corrected chi connectivity index (χ0v) is 12.0. The third kappa shape index (κ3) is 2.67. The molecule has 1 aromatic carbocycles. The Labute approximate surface area is 121 Å². The number of hydrogen-bond donors (Lipinski definition) is 1. The standard InChI is InChI=1S/C15H16ClNO3/c1-9-4-11-5-12(16)14(6-13(11)17-15(9)18)20-8-10-2-3-19-7-10/h4-6,10H,2-3,7-8H2,1H3,(H,17,18). The topological polar surface area (TPSA) is 51.3 Å². The Morgan fingerprint density at radius 3 is 3.05 bits per heavy atom. The summed E-state index contributed by atoms with van der Waals surface area (Å²) in [6.45, 7) is 3.89. The fourth-order valence-electron chi connectivity index (χ4n) is 2.35. The lowest BCUT2D eigenvalue weighted by Gasteiger charge is -2.12. The lowest BCUT2D eigenvalue weighted by molar-refractivity contribution is 0.167. The van der Waals surface area contributed by atoms with Gasteiger partial charge in [0.15, 0.2) is 0 Å². The second-order valence-corrected chi connectivity index (χ2v) is 5.60. The van der Waals surface area contributed by atoms with E-state index in [0.29, 0.717) is 28.9 Å². The smallest absolute Gasteiger partial charge is 0.251 e. The van der Waals surface area contributed by atoms with Crippen molar-refractivity contribution in [3.8, 4) is 5.75 Å². The van der Waals surface area contributed by atoms with Gasteiger partial charge >= 0.3 is 0 Å². The van der Waals surface area contributed by atoms with Gasteiger partial charge in [-0.15, -0.1) is 0 Å². The van der Waals surface area contributed by atoms with E-state index in [9.17, 15) is 4.79 Å². The predicted octanol–water partition coefficient (Wildman–Crippen LogP) is 2.91. The monoisotopic (exact) mass is 293 g/mol. The van der Waals surface area contributed by atoms with Gasteiger partial charge in [-0.2, -0.15) is 0 Å². The van der Waals surface area contributed by atoms with Crippen molar-refractivity contribution in [1.29, 1.82) is 0 Å². The first-order valence-electron chi connectivity index (χ1n) is 6.67. The largest absolute Gasteiger partial charge is 0.492 e. The van der Waals surface area contributed by atoms with Gasteiger partial charge in [0.05, 0.1) is 23.8 Å². The molecule has 1 aromatic heterocycles. The maximum absolute atomic E-state index is 11.7. The molecule has 0 radical (unpaired) electrons. The van der Waals surface area contributed by atoms with Crippen molar-refractivity contribution in [2.24, 2.45) is 5.92 Å². The van der Waals surface area contributed by atoms with E-state index < -0.39 is 0 Å². The first kappa shape index (κ1) is 13.5. The van der Waals surface area contributed by atoms with E-state index in [0.717, 1.165) is 30.5 Å². The lowest BCUT2D eigenvalue weighted by Crippen LogP contribution is -2.12. The third-order valence-electron chi connectivity index (χ3n) is 3.58. The minimum atomic E-state index is -0.0880. The number of halogens is 1. The average molecular weight is 294 g/mol. The molecule has 2 aromatic rings. The number of aromatic nitrogens is 1. The summed E-state index contributed by atoms with van der Waals surface area (Å²) in [6, 6.07) is 5.43. The molecule has 1 unspecified atom stereocenters. The van der Waals surface area contributed by atoms with Crippen LogP contribution >= 0.6 is 11.6 Å². The summed E-state index contributed by atoms with van der Waals surface area (Å²) in [7, 11) is 0. The molecule has 3 rings (SSSR count). The van der Waals surface area contributed by atoms with Crippen LogP contribution in [0.1, 0.15) is 12.0 Å². The highest BCUT2D eigenvalue weighted by Crippen LogP contribution is 2.30. The number of ether oxygens (including phenoxy) is 2. The molecule has 2 heterocycles. The minimum Gasteiger partial charge on any atom is -0.492 e. The summed E-state index contributed by atoms with van der Waals surface area (Å²) in [6.07, 6.45) is 1.02. The molecule has 0 spiro atoms. The Bertz CT molecular complexity index is 689. The number of pyridine rings is 1. The van der Waals surface area contributed by atoms with Crippen molar-refractivity contribution in [3.63, 3.8) is 0 Å². The van der Waals surface area contributed by atoms with E-state index in [2.05, 4.69) is 4.98 Å². The zero-order valence-electron chi connectivity index (χ0n) is 11.2. The van der Waals surface area contributed by atoms with Crippen LogP contribution in [0.5, 0.6) is 5.75 Å². The molecule has 20 heavy (non-hydrogen) atoms. The van der Waals surface area contributed by atoms with E-state index in [1.54, 1.807) is 13.0 Å². The molecule has 1 N–H and O–H groups in total. The fraction of sp³-hybridized carbons (Fsp3) is 0.400. The average Bonchev–Trinajstić information content (AvgIpc) is 2.92. The van der Waals surface area contributed by atoms with Crippen LogP contribution in [0.2, 0.25) is 5.02 Å². The third-order valence-corrected chi connectivity index (χ3v) is 3.88. The van der Waals surface area contributed by atoms with Crippen LogP contribution in [0.15, 0.2) is 23.0 Å². The van der Waals surface area contributed by atoms with Crippen molar-refractivity contribution in [1.82, 2.24) is 4.98 Å². The van der Waals surface area contributed by atoms with Crippen molar-refractivity contribution in [2.75, 3.05) is 19.8 Å². The molecule has 0 bridgehead atoms. The molecule has 1 atom stereocenters. The van der Waals surface area contributed by atoms with Gasteiger partial charge in [0.1, 0.15) is 5.75 Å². The second kappa shape index (κ2) is 5.46. The van der Waals surface area contributed by atoms with E-state index in [4.69, 9.17) is 21.1 Å². The molecule has 0 amide bonds. The SMILES string of the molecule is Cc1cc2cc(Cl)c(OCC3CCOC3)cc2[nH]c1=O. The Balaban J connectivity index is 1.88. The molecule has 0 saturated carbocycles. The number of aryl methyl sites for hydroxylation is 1. The van der Waals surface area contributed by atoms with Gasteiger partial charge < -0.3 is 14.5 Å². The van der Waals surface area contributed by atoms with Crippen molar-refractivity contribution in [2.45, 2.75) is 13.3 Å². The first-order valence-corrected chi connectivity index (χ1v) is 7.05. The van der Waals surface area contributed by atoms with Crippen LogP contribution in [-0.4, -0.2) is 24.8 Å². The molecule has 0 aliphatic carbocycles. The first-order chi connectivity index (χ1) is 9.63. The number of benzene rings is 1. The highest BCUT2D eigenvalue weighted by atomic mass is 35.5. The number of H-pyrrole nitrogens is 1. The zero-order chi connectivity index (χ0) is 14.1. The molecule has 4 nitrogen and oxygen atoms in total. The maximum atomic E-state index is 11.7. The van der Waals surface area contributed by atoms with E-state index in [1.165, 1.54) is 0 Å². The normalized spacial score (nSPS) is 18.6. The molecule has 106 valence electrons. The van der Waals surface area contributed by atoms with Gasteiger partial charge in [0.25, 0.3) is 5.56 Å². The highest BCUT2D eigenvalue weighted by molar-refractivity contribution is 6.32. The summed E-state index contributed by atoms with van der Waals surface area (Å²) in [4.78, 5) is 14.5. The second-order valence-electron chi connectivity index (χ2n) is 5.19. The maximum Gasteiger partial charge on any atom is 0.251 e. The number of hydrogen-bond acceptors (Lipinski definition) is 3. The predicted molar refractivity (Wildman–Crippen MR) is 78.7 cm³/mol. The molecule has 1 saturated heterocycles. The van der Waals surface area contributed by atoms with Gasteiger partial charge in [-0.05, 0) is 25.5 Å². The van der Waals surface area contributed by atoms with Crippen LogP contribution < -0.4 is 10.3 Å². The van der Waals surface area contributed by atoms with Crippen molar-refractivity contribution in [3.05, 3.63) is 39.1 Å². The van der Waals surface area contributed by atoms with Crippen molar-refractivity contribution >= 4 is 22.5 Å². The van der Waals surface area contributed by atoms with E-state index >= 15 is 0 Å². The molecular weight excluding hydrogens is 278 g/mol. The Morgan fingerprint density at radius 2 is 2.30 bits per heavy atom. The molecular formula is C15H16ClNO3. The van der Waals surface area contributed by atoms with Gasteiger partial charge in [0, 0.05) is 29.5 Å². The Morgan fingerprint density at radius 1 is 1.45 bits per heavy atom. The summed E-state index contributed by atoms with van der Waals surface area (Å²) in [5.74, 6) is 1.02. The van der Waals surface area contributed by atoms with Crippen LogP contribution in [0.3, 0.4) is 0 Å². The highest BCUT2D eigenvalue weighted by Gasteiger charge is 2.17. The summed E-state index contributed by atoms with van der Waals surface area (Å²) >= 11 is 6.23. The Kier molecular flexibility index (Phi) is 3.68. The Hall–Kier alpha value is -1.52. The summed E-state index contributed by atoms with van der Waals surface area (Å²) in [5, 5.41) is 1.46. The lowest BCUT2D eigenvalue weighted by atomic mass is 10.1. The molecule has 1 aliphatic heterocycles. The van der Waals surface area contributed by atoms with Crippen LogP contribution in [0.4, 0.5) is 0 Å². The van der Waals surface area contributed by atoms with Gasteiger partial charge in [-0.1, -0.05) is 11.6 Å². The van der Waals surface area contributed by atoms with Gasteiger partial charge in [-0.3, -0.25) is 4.79 Å². The van der Waals surface area contributed by atoms with Crippen LogP contribution in [0.25, 0.3) is 10.9 Å². The van der Waals surface area contributed by atoms with Crippen molar-refractivity contribution < 1.29 is 9.47 Å². The number of fused-ring (bicyclic) bond motifs is 1. The number of rotatable bonds is 3. The molecule has 1 fully saturated rings. The summed E-state index contributed by atoms with van der Waals surface area (Å²) in [5.41, 5.74) is 1.32. The van der Waals surface area contributed by atoms with Gasteiger partial charge in [-0.25, -0.2) is 0 Å². The molecule has 1 aliphatic rings. The fourth-order valence-corrected chi connectivity index (χ4v) is 2.58. The van der Waals surface area contributed by atoms with Gasteiger partial charge in [0.2, 0.25) is 0 Å². The van der Waals surface area contributed by atoms with Crippen LogP contribution in [-0.2, 0) is 4.74 Å². The molecule has 5 heteroatoms. The van der Waals surface area contributed by atoms with Crippen LogP contribution in [0, 0.1) is 12.8 Å².